The fraction of sp³-hybridized carbons (Fsp3) is 0.636. The van der Waals surface area contributed by atoms with E-state index in [1.165, 1.54) is 13.5 Å². The van der Waals surface area contributed by atoms with E-state index in [9.17, 15) is 9.59 Å². The van der Waals surface area contributed by atoms with Crippen molar-refractivity contribution in [2.24, 2.45) is 0 Å². The Morgan fingerprint density at radius 3 is 2.44 bits per heavy atom. The quantitative estimate of drug-likeness (QED) is 0.414. The highest BCUT2D eigenvalue weighted by Crippen LogP contribution is 2.16. The molecule has 1 rings (SSSR count). The molecule has 0 aliphatic carbocycles. The highest BCUT2D eigenvalue weighted by Gasteiger charge is 2.22. The summed E-state index contributed by atoms with van der Waals surface area (Å²) in [5.74, 6) is 0. The first kappa shape index (κ1) is 12.7. The summed E-state index contributed by atoms with van der Waals surface area (Å²) < 4.78 is 0. The Bertz CT molecular complexity index is 405. The molecule has 0 heterocycles. The van der Waals surface area contributed by atoms with Crippen LogP contribution >= 0.6 is 0 Å². The molecule has 16 heavy (non-hydrogen) atoms. The second-order valence-electron chi connectivity index (χ2n) is 3.89. The van der Waals surface area contributed by atoms with Gasteiger partial charge in [-0.25, -0.2) is 0 Å². The van der Waals surface area contributed by atoms with E-state index in [4.69, 9.17) is 5.21 Å². The average molecular weight is 226 g/mol. The Kier molecular flexibility index (Phi) is 4.49. The summed E-state index contributed by atoms with van der Waals surface area (Å²) in [5.41, 5.74) is -0.848. The molecule has 0 aliphatic rings. The van der Waals surface area contributed by atoms with Crippen LogP contribution in [0.25, 0.3) is 0 Å². The van der Waals surface area contributed by atoms with Crippen molar-refractivity contribution in [2.75, 3.05) is 24.0 Å². The van der Waals surface area contributed by atoms with E-state index < -0.39 is 10.9 Å². The van der Waals surface area contributed by atoms with Crippen molar-refractivity contribution in [3.05, 3.63) is 20.4 Å². The second kappa shape index (κ2) is 5.65. The van der Waals surface area contributed by atoms with E-state index in [1.807, 2.05) is 0 Å². The Morgan fingerprint density at radius 1 is 1.19 bits per heavy atom. The van der Waals surface area contributed by atoms with Gasteiger partial charge in [-0.1, -0.05) is 26.2 Å². The van der Waals surface area contributed by atoms with E-state index in [1.54, 1.807) is 0 Å². The van der Waals surface area contributed by atoms with Crippen molar-refractivity contribution in [3.8, 4) is 0 Å². The molecule has 1 aromatic rings. The van der Waals surface area contributed by atoms with Gasteiger partial charge in [0.2, 0.25) is 0 Å². The molecule has 0 atom stereocenters. The number of rotatable bonds is 7. The number of nitrogens with zero attached hydrogens (tertiary/aromatic N) is 1. The monoisotopic (exact) mass is 226 g/mol. The SMILES string of the molecule is CCCCCCNc1c(N(C)O)c(=O)c1=O. The Hall–Kier alpha value is -1.36. The summed E-state index contributed by atoms with van der Waals surface area (Å²) in [6.45, 7) is 2.79. The number of nitrogens with one attached hydrogen (secondary N) is 1. The van der Waals surface area contributed by atoms with Crippen LogP contribution in [0, 0.1) is 0 Å². The topological polar surface area (TPSA) is 69.6 Å². The minimum Gasteiger partial charge on any atom is -0.380 e. The van der Waals surface area contributed by atoms with Crippen LogP contribution in [-0.2, 0) is 0 Å². The predicted molar refractivity (Wildman–Crippen MR) is 64.2 cm³/mol. The third kappa shape index (κ3) is 2.61. The van der Waals surface area contributed by atoms with Gasteiger partial charge in [0.15, 0.2) is 0 Å². The lowest BCUT2D eigenvalue weighted by Crippen LogP contribution is -2.40. The fourth-order valence-electron chi connectivity index (χ4n) is 1.62. The molecule has 0 radical (unpaired) electrons. The van der Waals surface area contributed by atoms with Crippen LogP contribution in [0.2, 0.25) is 0 Å². The number of hydroxylamine groups is 1. The number of hydrogen-bond donors (Lipinski definition) is 2. The summed E-state index contributed by atoms with van der Waals surface area (Å²) in [7, 11) is 1.33. The van der Waals surface area contributed by atoms with Gasteiger partial charge in [0, 0.05) is 13.6 Å². The maximum atomic E-state index is 11.2. The molecule has 0 amide bonds. The van der Waals surface area contributed by atoms with E-state index >= 15 is 0 Å². The van der Waals surface area contributed by atoms with Gasteiger partial charge in [0.05, 0.1) is 0 Å². The highest BCUT2D eigenvalue weighted by molar-refractivity contribution is 5.73. The minimum atomic E-state index is -0.624. The normalized spacial score (nSPS) is 10.7. The third-order valence-electron chi connectivity index (χ3n) is 2.54. The molecule has 5 heteroatoms. The van der Waals surface area contributed by atoms with Crippen LogP contribution in [-0.4, -0.2) is 18.8 Å². The molecule has 2 N–H and O–H groups in total. The lowest BCUT2D eigenvalue weighted by molar-refractivity contribution is 0.278. The average Bonchev–Trinajstić information content (AvgIpc) is 2.25. The summed E-state index contributed by atoms with van der Waals surface area (Å²) in [4.78, 5) is 22.3. The zero-order valence-electron chi connectivity index (χ0n) is 9.75. The van der Waals surface area contributed by atoms with Crippen LogP contribution in [0.1, 0.15) is 32.6 Å². The molecule has 90 valence electrons. The molecule has 0 bridgehead atoms. The summed E-state index contributed by atoms with van der Waals surface area (Å²) >= 11 is 0. The van der Waals surface area contributed by atoms with Crippen molar-refractivity contribution in [3.63, 3.8) is 0 Å². The first-order chi connectivity index (χ1) is 7.59. The maximum absolute atomic E-state index is 11.2. The molecular formula is C11H18N2O3. The zero-order valence-corrected chi connectivity index (χ0v) is 9.75. The van der Waals surface area contributed by atoms with Gasteiger partial charge in [-0.3, -0.25) is 19.9 Å². The van der Waals surface area contributed by atoms with E-state index in [0.29, 0.717) is 11.6 Å². The van der Waals surface area contributed by atoms with Crippen molar-refractivity contribution in [2.45, 2.75) is 32.6 Å². The lowest BCUT2D eigenvalue weighted by atomic mass is 10.1. The van der Waals surface area contributed by atoms with Crippen LogP contribution in [0.15, 0.2) is 9.59 Å². The number of anilines is 2. The van der Waals surface area contributed by atoms with Gasteiger partial charge in [-0.2, -0.15) is 0 Å². The predicted octanol–water partition coefficient (Wildman–Crippen LogP) is 1.10. The Balaban J connectivity index is 2.46. The van der Waals surface area contributed by atoms with E-state index in [-0.39, 0.29) is 11.4 Å². The molecule has 0 fully saturated rings. The maximum Gasteiger partial charge on any atom is 0.255 e. The van der Waals surface area contributed by atoms with E-state index in [2.05, 4.69) is 12.2 Å². The molecule has 5 nitrogen and oxygen atoms in total. The third-order valence-corrected chi connectivity index (χ3v) is 2.54. The number of unbranched alkanes of at least 4 members (excludes halogenated alkanes) is 3. The molecule has 1 aromatic carbocycles. The molecule has 0 saturated heterocycles. The smallest absolute Gasteiger partial charge is 0.255 e. The Morgan fingerprint density at radius 2 is 1.88 bits per heavy atom. The highest BCUT2D eigenvalue weighted by atomic mass is 16.5. The van der Waals surface area contributed by atoms with Crippen molar-refractivity contribution in [1.82, 2.24) is 0 Å². The first-order valence-electron chi connectivity index (χ1n) is 5.59. The van der Waals surface area contributed by atoms with Crippen molar-refractivity contribution in [1.29, 1.82) is 0 Å². The summed E-state index contributed by atoms with van der Waals surface area (Å²) in [6.07, 6.45) is 4.38. The molecular weight excluding hydrogens is 208 g/mol. The van der Waals surface area contributed by atoms with Gasteiger partial charge >= 0.3 is 0 Å². The van der Waals surface area contributed by atoms with Crippen molar-refractivity contribution >= 4 is 11.4 Å². The summed E-state index contributed by atoms with van der Waals surface area (Å²) in [5, 5.41) is 12.7. The van der Waals surface area contributed by atoms with Gasteiger partial charge in [0.1, 0.15) is 11.4 Å². The van der Waals surface area contributed by atoms with Gasteiger partial charge in [-0.15, -0.1) is 0 Å². The molecule has 0 spiro atoms. The molecule has 0 saturated carbocycles. The molecule has 0 unspecified atom stereocenters. The fourth-order valence-corrected chi connectivity index (χ4v) is 1.62. The van der Waals surface area contributed by atoms with Crippen LogP contribution in [0.3, 0.4) is 0 Å². The lowest BCUT2D eigenvalue weighted by Gasteiger charge is -2.17. The van der Waals surface area contributed by atoms with Crippen LogP contribution in [0.5, 0.6) is 0 Å². The van der Waals surface area contributed by atoms with Gasteiger partial charge in [-0.05, 0) is 6.42 Å². The van der Waals surface area contributed by atoms with Crippen LogP contribution < -0.4 is 21.2 Å². The zero-order chi connectivity index (χ0) is 12.1. The standard InChI is InChI=1S/C11H18N2O3/c1-3-4-5-6-7-12-8-9(13(2)16)11(15)10(8)14/h12,16H,3-7H2,1-2H3. The van der Waals surface area contributed by atoms with Crippen molar-refractivity contribution < 1.29 is 5.21 Å². The van der Waals surface area contributed by atoms with Crippen LogP contribution in [0.4, 0.5) is 11.4 Å². The molecule has 0 aromatic heterocycles. The Labute approximate surface area is 94.3 Å². The molecule has 0 aliphatic heterocycles. The number of hydrogen-bond acceptors (Lipinski definition) is 5. The second-order valence-corrected chi connectivity index (χ2v) is 3.89. The van der Waals surface area contributed by atoms with E-state index in [0.717, 1.165) is 19.3 Å². The minimum absolute atomic E-state index is 0.0699. The first-order valence-corrected chi connectivity index (χ1v) is 5.59. The largest absolute Gasteiger partial charge is 0.380 e. The van der Waals surface area contributed by atoms with Gasteiger partial charge < -0.3 is 5.32 Å². The summed E-state index contributed by atoms with van der Waals surface area (Å²) in [6, 6.07) is 0. The van der Waals surface area contributed by atoms with Gasteiger partial charge in [0.25, 0.3) is 10.9 Å².